The van der Waals surface area contributed by atoms with E-state index in [-0.39, 0.29) is 178 Å². The zero-order valence-corrected chi connectivity index (χ0v) is 85.6. The van der Waals surface area contributed by atoms with Crippen molar-refractivity contribution < 1.29 is 116 Å². The van der Waals surface area contributed by atoms with E-state index < -0.39 is 34.7 Å². The molecule has 12 aromatic carbocycles. The number of aliphatic hydroxyl groups excluding tert-OH is 2. The Bertz CT molecular complexity index is 5830. The second kappa shape index (κ2) is 55.7. The summed E-state index contributed by atoms with van der Waals surface area (Å²) in [7, 11) is 3.22. The summed E-state index contributed by atoms with van der Waals surface area (Å²) in [5.41, 5.74) is 18.6. The van der Waals surface area contributed by atoms with Crippen LogP contribution in [0.3, 0.4) is 0 Å². The van der Waals surface area contributed by atoms with Crippen molar-refractivity contribution in [2.45, 2.75) is 134 Å². The number of benzene rings is 12. The number of unbranched alkanes of at least 4 members (excludes halogenated alkanes) is 10. The lowest BCUT2D eigenvalue weighted by molar-refractivity contribution is 0.00435. The van der Waals surface area contributed by atoms with E-state index in [0.29, 0.717) is 73.0 Å². The summed E-state index contributed by atoms with van der Waals surface area (Å²) in [6.07, 6.45) is 15.5. The van der Waals surface area contributed by atoms with Crippen molar-refractivity contribution >= 4 is 23.9 Å². The number of methoxy groups -OCH3 is 2. The summed E-state index contributed by atoms with van der Waals surface area (Å²) in [6, 6.07) is 81.5. The van der Waals surface area contributed by atoms with Gasteiger partial charge in [0.05, 0.1) is 181 Å². The molecule has 12 aromatic rings. The van der Waals surface area contributed by atoms with Crippen molar-refractivity contribution in [1.82, 2.24) is 0 Å². The predicted molar refractivity (Wildman–Crippen MR) is 572 cm³/mol. The second-order valence-electron chi connectivity index (χ2n) is 37.7. The van der Waals surface area contributed by atoms with Crippen LogP contribution >= 0.6 is 0 Å². The third-order valence-electron chi connectivity index (χ3n) is 28.4. The molecule has 3 aliphatic carbocycles. The molecule has 24 nitrogen and oxygen atoms in total. The smallest absolute Gasteiger partial charge is 0.339 e. The molecule has 3 aliphatic rings. The molecule has 148 heavy (non-hydrogen) atoms. The number of hydrogen-bond donors (Lipinski definition) is 6. The molecule has 6 N–H and O–H groups in total. The second-order valence-corrected chi connectivity index (χ2v) is 37.7. The van der Waals surface area contributed by atoms with Crippen molar-refractivity contribution in [3.63, 3.8) is 0 Å². The zero-order chi connectivity index (χ0) is 103. The van der Waals surface area contributed by atoms with Crippen LogP contribution in [0.25, 0.3) is 77.9 Å². The first-order valence-corrected chi connectivity index (χ1v) is 52.3. The number of carbonyl (C=O) groups is 4. The molecule has 0 bridgehead atoms. The van der Waals surface area contributed by atoms with Crippen LogP contribution in [-0.2, 0) is 80.9 Å². The third-order valence-corrected chi connectivity index (χ3v) is 28.4. The van der Waals surface area contributed by atoms with Gasteiger partial charge in [-0.1, -0.05) is 261 Å². The van der Waals surface area contributed by atoms with E-state index in [0.717, 1.165) is 164 Å². The van der Waals surface area contributed by atoms with E-state index in [2.05, 4.69) is 147 Å². The fourth-order valence-corrected chi connectivity index (χ4v) is 21.3. The van der Waals surface area contributed by atoms with E-state index >= 15 is 0 Å². The van der Waals surface area contributed by atoms with Crippen LogP contribution in [0.15, 0.2) is 243 Å². The van der Waals surface area contributed by atoms with Crippen LogP contribution in [0, 0.1) is 5.92 Å². The molecular weight excluding hydrogens is 1870 g/mol. The van der Waals surface area contributed by atoms with Crippen molar-refractivity contribution in [2.24, 2.45) is 5.92 Å². The first-order chi connectivity index (χ1) is 72.6. The Kier molecular flexibility index (Phi) is 41.3. The Morgan fingerprint density at radius 1 is 0.270 bits per heavy atom. The van der Waals surface area contributed by atoms with Crippen LogP contribution in [0.1, 0.15) is 218 Å². The summed E-state index contributed by atoms with van der Waals surface area (Å²) in [4.78, 5) is 56.7. The summed E-state index contributed by atoms with van der Waals surface area (Å²) in [5.74, 6) is -4.51. The van der Waals surface area contributed by atoms with Gasteiger partial charge in [0.1, 0.15) is 35.8 Å². The van der Waals surface area contributed by atoms with Crippen molar-refractivity contribution in [2.75, 3.05) is 173 Å². The largest absolute Gasteiger partial charge is 0.490 e. The number of hydrogen-bond acceptors (Lipinski definition) is 20. The first-order valence-electron chi connectivity index (χ1n) is 52.3. The standard InChI is InChI=1S/C124H140O24/c1-5-7-9-11-13-17-27-87(28-18-14-12-10-8-6-2)118-108-73-88(92-35-45-104-102-43-33-90(85-23-19-15-20-24-85)75-112(102)123(114(104)77-92,96-37-29-94(106(79-96)119(127)128)83-145-67-65-141-59-57-137-51-49-125)98-39-47-116(110(81-98)121(131)132)147-71-69-143-63-61-139-55-53-135-3)31-41-100(108)101-42-32-89(74-109(101)118)93-36-46-105-103-44-34-91(86-25-21-16-22-26-86)76-113(103)124(115(105)78-93,97-38-30-95(107(80-97)120(129)130)84-146-68-66-142-60-58-138-52-50-126)99-40-48-117(111(82-99)122(133)134)148-72-70-144-64-62-140-56-54-136-4/h15-16,19-26,29-48,73-82,87,118,125-126H,5-14,17-18,27-28,49-72,83-84H2,1-4H3,(H,127,128)(H,129,130)(H,131,132)(H,133,134). The zero-order valence-electron chi connectivity index (χ0n) is 85.6. The average molecular weight is 2010 g/mol. The Hall–Kier alpha value is -12.4. The molecule has 0 aliphatic heterocycles. The fourth-order valence-electron chi connectivity index (χ4n) is 21.3. The van der Waals surface area contributed by atoms with E-state index in [4.69, 9.17) is 66.3 Å². The molecule has 0 spiro atoms. The molecule has 780 valence electrons. The number of aromatic carboxylic acids is 4. The SMILES string of the molecule is CCCCCCCCC(CCCCCCCC)C1c2cc(-c3ccc4c(c3)C(c3ccc(COCCOCCOCCO)c(C(=O)O)c3)(c3ccc(OCCOCCOCCOC)c(C(=O)O)c3)c3cc(-c5ccccc5)ccc3-4)ccc2-c2ccc(-c3ccc4c(c3)C(c3ccc(COCCOCCOCCO)c(C(=O)O)c3)(c3ccc(OCCOCCOCCOC)c(C(=O)O)c3)c3cc(-c5ccccc5)ccc3-4)cc21. The molecule has 0 heterocycles. The fraction of sp³-hybridized carbons (Fsp3) is 0.387. The van der Waals surface area contributed by atoms with Crippen molar-refractivity contribution in [1.29, 1.82) is 0 Å². The number of carboxylic acid groups (broad SMARTS) is 4. The molecule has 0 amide bonds. The number of ether oxygens (including phenoxy) is 14. The number of fused-ring (bicyclic) bond motifs is 9. The molecule has 0 saturated heterocycles. The first kappa shape index (κ1) is 110. The van der Waals surface area contributed by atoms with Gasteiger partial charge in [-0.3, -0.25) is 0 Å². The minimum Gasteiger partial charge on any atom is -0.490 e. The van der Waals surface area contributed by atoms with Gasteiger partial charge in [-0.25, -0.2) is 19.2 Å². The molecule has 2 unspecified atom stereocenters. The highest BCUT2D eigenvalue weighted by Crippen LogP contribution is 2.62. The number of rotatable bonds is 67. The minimum absolute atomic E-state index is 0.00309. The van der Waals surface area contributed by atoms with Gasteiger partial charge in [-0.15, -0.1) is 0 Å². The lowest BCUT2D eigenvalue weighted by atomic mass is 9.66. The number of aliphatic hydroxyl groups is 2. The summed E-state index contributed by atoms with van der Waals surface area (Å²) in [6.45, 7) is 9.68. The van der Waals surface area contributed by atoms with E-state index in [1.807, 2.05) is 60.7 Å². The Labute approximate surface area is 868 Å². The van der Waals surface area contributed by atoms with Gasteiger partial charge < -0.3 is 97.0 Å². The predicted octanol–water partition coefficient (Wildman–Crippen LogP) is 23.3. The molecule has 0 fully saturated rings. The maximum absolute atomic E-state index is 14.2. The average Bonchev–Trinajstić information content (AvgIpc) is 1.57. The van der Waals surface area contributed by atoms with E-state index in [1.54, 1.807) is 62.8 Å². The minimum atomic E-state index is -1.43. The monoisotopic (exact) mass is 2010 g/mol. The van der Waals surface area contributed by atoms with Crippen molar-refractivity contribution in [3.8, 4) is 89.4 Å². The van der Waals surface area contributed by atoms with Gasteiger partial charge in [0, 0.05) is 20.1 Å². The van der Waals surface area contributed by atoms with Gasteiger partial charge in [0.15, 0.2) is 0 Å². The maximum Gasteiger partial charge on any atom is 0.339 e. The van der Waals surface area contributed by atoms with Crippen LogP contribution in [0.2, 0.25) is 0 Å². The lowest BCUT2D eigenvalue weighted by Crippen LogP contribution is -2.30. The summed E-state index contributed by atoms with van der Waals surface area (Å²) >= 11 is 0. The van der Waals surface area contributed by atoms with Gasteiger partial charge >= 0.3 is 23.9 Å². The quantitative estimate of drug-likeness (QED) is 0.0193. The van der Waals surface area contributed by atoms with Crippen LogP contribution in [0.5, 0.6) is 11.5 Å². The third kappa shape index (κ3) is 26.5. The van der Waals surface area contributed by atoms with Crippen LogP contribution < -0.4 is 9.47 Å². The van der Waals surface area contributed by atoms with Gasteiger partial charge in [-0.05, 0) is 236 Å². The van der Waals surface area contributed by atoms with Crippen LogP contribution in [-0.4, -0.2) is 227 Å². The highest BCUT2D eigenvalue weighted by Gasteiger charge is 2.50. The molecule has 0 radical (unpaired) electrons. The molecular formula is C124H140O24. The van der Waals surface area contributed by atoms with Gasteiger partial charge in [-0.2, -0.15) is 0 Å². The van der Waals surface area contributed by atoms with Gasteiger partial charge in [0.25, 0.3) is 0 Å². The molecule has 0 aromatic heterocycles. The lowest BCUT2D eigenvalue weighted by Gasteiger charge is -2.35. The normalized spacial score (nSPS) is 14.6. The topological polar surface area (TPSA) is 319 Å². The Balaban J connectivity index is 0.891. The highest BCUT2D eigenvalue weighted by atomic mass is 16.6. The van der Waals surface area contributed by atoms with Gasteiger partial charge in [0.2, 0.25) is 0 Å². The highest BCUT2D eigenvalue weighted by molar-refractivity contribution is 5.98. The maximum atomic E-state index is 14.2. The molecule has 24 heteroatoms. The Morgan fingerprint density at radius 3 is 0.872 bits per heavy atom. The molecule has 0 saturated carbocycles. The molecule has 2 atom stereocenters. The van der Waals surface area contributed by atoms with E-state index in [1.165, 1.54) is 36.8 Å². The summed E-state index contributed by atoms with van der Waals surface area (Å²) < 4.78 is 80.7. The molecule has 15 rings (SSSR count). The van der Waals surface area contributed by atoms with Crippen molar-refractivity contribution in [3.05, 3.63) is 332 Å². The summed E-state index contributed by atoms with van der Waals surface area (Å²) in [5, 5.41) is 64.7. The van der Waals surface area contributed by atoms with Crippen LogP contribution in [0.4, 0.5) is 0 Å². The number of carboxylic acids is 4. The van der Waals surface area contributed by atoms with E-state index in [9.17, 15) is 49.8 Å². The Morgan fingerprint density at radius 2 is 0.547 bits per heavy atom.